The molecule has 17 heavy (non-hydrogen) atoms. The zero-order valence-corrected chi connectivity index (χ0v) is 12.2. The molecule has 0 aromatic carbocycles. The molecule has 0 unspecified atom stereocenters. The maximum absolute atomic E-state index is 9.28. The number of rotatable bonds is 4. The van der Waals surface area contributed by atoms with E-state index >= 15 is 0 Å². The van der Waals surface area contributed by atoms with Crippen LogP contribution in [0.4, 0.5) is 0 Å². The highest BCUT2D eigenvalue weighted by Gasteiger charge is 2.25. The average molecular weight is 285 g/mol. The number of thioether (sulfide) groups is 2. The van der Waals surface area contributed by atoms with Crippen LogP contribution in [0.5, 0.6) is 0 Å². The molecule has 1 atom stereocenters. The Hall–Kier alpha value is -0.250. The fourth-order valence-electron chi connectivity index (χ4n) is 2.10. The van der Waals surface area contributed by atoms with Gasteiger partial charge in [-0.2, -0.15) is 5.26 Å². The molecule has 0 aliphatic heterocycles. The van der Waals surface area contributed by atoms with E-state index in [2.05, 4.69) is 16.3 Å². The van der Waals surface area contributed by atoms with E-state index in [1.165, 1.54) is 32.1 Å². The minimum absolute atomic E-state index is 0.0537. The number of nitrogens with zero attached hydrogens (tertiary/aromatic N) is 3. The monoisotopic (exact) mass is 285 g/mol. The van der Waals surface area contributed by atoms with Gasteiger partial charge in [-0.25, -0.2) is 0 Å². The first-order chi connectivity index (χ1) is 8.33. The van der Waals surface area contributed by atoms with Gasteiger partial charge in [0.15, 0.2) is 8.68 Å². The first-order valence-electron chi connectivity index (χ1n) is 5.77. The fourth-order valence-corrected chi connectivity index (χ4v) is 4.83. The zero-order valence-electron chi connectivity index (χ0n) is 9.76. The van der Waals surface area contributed by atoms with Crippen LogP contribution in [0.25, 0.3) is 0 Å². The summed E-state index contributed by atoms with van der Waals surface area (Å²) < 4.78 is 1.92. The van der Waals surface area contributed by atoms with E-state index in [1.54, 1.807) is 34.9 Å². The zero-order chi connectivity index (χ0) is 12.1. The molecule has 1 aromatic heterocycles. The van der Waals surface area contributed by atoms with E-state index in [1.807, 2.05) is 6.26 Å². The van der Waals surface area contributed by atoms with Crippen molar-refractivity contribution in [2.24, 2.45) is 5.92 Å². The Kier molecular flexibility index (Phi) is 5.14. The van der Waals surface area contributed by atoms with E-state index in [9.17, 15) is 5.26 Å². The van der Waals surface area contributed by atoms with Crippen LogP contribution in [0, 0.1) is 17.2 Å². The lowest BCUT2D eigenvalue weighted by Crippen LogP contribution is -2.18. The van der Waals surface area contributed by atoms with Crippen LogP contribution in [-0.2, 0) is 0 Å². The van der Waals surface area contributed by atoms with Gasteiger partial charge >= 0.3 is 0 Å². The van der Waals surface area contributed by atoms with Gasteiger partial charge in [-0.1, -0.05) is 54.1 Å². The van der Waals surface area contributed by atoms with E-state index < -0.39 is 0 Å². The standard InChI is InChI=1S/C11H15N3S3/c1-15-10-13-14-11(17-10)16-9(7-12)8-5-3-2-4-6-8/h8-9H,2-6H2,1H3/t9-/m1/s1. The molecule has 1 aliphatic rings. The first-order valence-corrected chi connectivity index (χ1v) is 8.69. The van der Waals surface area contributed by atoms with Crippen molar-refractivity contribution >= 4 is 34.9 Å². The van der Waals surface area contributed by atoms with Crippen molar-refractivity contribution in [1.82, 2.24) is 10.2 Å². The van der Waals surface area contributed by atoms with E-state index in [0.717, 1.165) is 8.68 Å². The van der Waals surface area contributed by atoms with Crippen LogP contribution in [0.2, 0.25) is 0 Å². The fraction of sp³-hybridized carbons (Fsp3) is 0.727. The SMILES string of the molecule is CSc1nnc(S[C@H](C#N)C2CCCCC2)s1. The van der Waals surface area contributed by atoms with E-state index in [0.29, 0.717) is 5.92 Å². The normalized spacial score (nSPS) is 18.8. The minimum atomic E-state index is 0.0537. The molecule has 0 bridgehead atoms. The molecule has 0 radical (unpaired) electrons. The second kappa shape index (κ2) is 6.62. The summed E-state index contributed by atoms with van der Waals surface area (Å²) >= 11 is 4.80. The molecule has 92 valence electrons. The Bertz CT molecular complexity index is 393. The van der Waals surface area contributed by atoms with Crippen LogP contribution < -0.4 is 0 Å². The van der Waals surface area contributed by atoms with Crippen molar-refractivity contribution < 1.29 is 0 Å². The minimum Gasteiger partial charge on any atom is -0.197 e. The summed E-state index contributed by atoms with van der Waals surface area (Å²) in [6.07, 6.45) is 8.26. The molecule has 1 saturated carbocycles. The molecule has 1 aliphatic carbocycles. The molecule has 2 rings (SSSR count). The molecule has 1 aromatic rings. The topological polar surface area (TPSA) is 49.6 Å². The highest BCUT2D eigenvalue weighted by molar-refractivity contribution is 8.03. The van der Waals surface area contributed by atoms with Gasteiger partial charge in [0.2, 0.25) is 0 Å². The van der Waals surface area contributed by atoms with Crippen molar-refractivity contribution in [3.05, 3.63) is 0 Å². The largest absolute Gasteiger partial charge is 0.197 e. The number of hydrogen-bond acceptors (Lipinski definition) is 6. The van der Waals surface area contributed by atoms with E-state index in [-0.39, 0.29) is 5.25 Å². The lowest BCUT2D eigenvalue weighted by Gasteiger charge is -2.24. The second-order valence-corrected chi connectivity index (χ2v) is 7.52. The van der Waals surface area contributed by atoms with Gasteiger partial charge < -0.3 is 0 Å². The lowest BCUT2D eigenvalue weighted by molar-refractivity contribution is 0.370. The van der Waals surface area contributed by atoms with Crippen molar-refractivity contribution in [2.45, 2.75) is 46.0 Å². The van der Waals surface area contributed by atoms with Crippen molar-refractivity contribution in [3.8, 4) is 6.07 Å². The van der Waals surface area contributed by atoms with E-state index in [4.69, 9.17) is 0 Å². The second-order valence-electron chi connectivity index (χ2n) is 4.10. The Labute approximate surface area is 114 Å². The highest BCUT2D eigenvalue weighted by atomic mass is 32.2. The number of aromatic nitrogens is 2. The number of nitriles is 1. The van der Waals surface area contributed by atoms with Gasteiger partial charge in [-0.15, -0.1) is 10.2 Å². The quantitative estimate of drug-likeness (QED) is 0.787. The smallest absolute Gasteiger partial charge is 0.176 e. The Balaban J connectivity index is 1.96. The van der Waals surface area contributed by atoms with Gasteiger partial charge in [0, 0.05) is 0 Å². The van der Waals surface area contributed by atoms with Crippen LogP contribution in [-0.4, -0.2) is 21.7 Å². The third-order valence-corrected chi connectivity index (χ3v) is 6.26. The molecule has 3 nitrogen and oxygen atoms in total. The van der Waals surface area contributed by atoms with Crippen molar-refractivity contribution in [3.63, 3.8) is 0 Å². The summed E-state index contributed by atoms with van der Waals surface area (Å²) in [6.45, 7) is 0. The predicted octanol–water partition coefficient (Wildman–Crippen LogP) is 3.82. The molecule has 1 fully saturated rings. The summed E-state index contributed by atoms with van der Waals surface area (Å²) in [5.74, 6) is 0.542. The molecule has 0 N–H and O–H groups in total. The predicted molar refractivity (Wildman–Crippen MR) is 73.5 cm³/mol. The molecule has 6 heteroatoms. The van der Waals surface area contributed by atoms with Gasteiger partial charge in [0.05, 0.1) is 6.07 Å². The van der Waals surface area contributed by atoms with Gasteiger partial charge in [0.1, 0.15) is 5.25 Å². The summed E-state index contributed by atoms with van der Waals surface area (Å²) in [7, 11) is 0. The average Bonchev–Trinajstić information content (AvgIpc) is 2.84. The van der Waals surface area contributed by atoms with Gasteiger partial charge in [0.25, 0.3) is 0 Å². The number of hydrogen-bond donors (Lipinski definition) is 0. The van der Waals surface area contributed by atoms with Crippen molar-refractivity contribution in [2.75, 3.05) is 6.26 Å². The van der Waals surface area contributed by atoms with Gasteiger partial charge in [-0.3, -0.25) is 0 Å². The summed E-state index contributed by atoms with van der Waals surface area (Å²) in [4.78, 5) is 0. The maximum Gasteiger partial charge on any atom is 0.176 e. The van der Waals surface area contributed by atoms with Crippen LogP contribution in [0.3, 0.4) is 0 Å². The summed E-state index contributed by atoms with van der Waals surface area (Å²) in [5, 5.41) is 17.5. The molecule has 0 saturated heterocycles. The van der Waals surface area contributed by atoms with Crippen LogP contribution in [0.1, 0.15) is 32.1 Å². The third-order valence-electron chi connectivity index (χ3n) is 3.00. The lowest BCUT2D eigenvalue weighted by atomic mass is 9.87. The van der Waals surface area contributed by atoms with Crippen LogP contribution in [0.15, 0.2) is 8.68 Å². The molecular weight excluding hydrogens is 270 g/mol. The summed E-state index contributed by atoms with van der Waals surface area (Å²) in [6, 6.07) is 2.44. The Morgan fingerprint density at radius 1 is 1.29 bits per heavy atom. The maximum atomic E-state index is 9.28. The first kappa shape index (κ1) is 13.2. The van der Waals surface area contributed by atoms with Gasteiger partial charge in [-0.05, 0) is 25.0 Å². The van der Waals surface area contributed by atoms with Crippen molar-refractivity contribution in [1.29, 1.82) is 5.26 Å². The molecule has 0 spiro atoms. The summed E-state index contributed by atoms with van der Waals surface area (Å²) in [5.41, 5.74) is 0. The highest BCUT2D eigenvalue weighted by Crippen LogP contribution is 2.37. The Morgan fingerprint density at radius 3 is 2.59 bits per heavy atom. The third kappa shape index (κ3) is 3.60. The Morgan fingerprint density at radius 2 is 2.00 bits per heavy atom. The van der Waals surface area contributed by atoms with Crippen LogP contribution >= 0.6 is 34.9 Å². The molecular formula is C11H15N3S3. The molecule has 0 amide bonds. The molecule has 1 heterocycles.